The van der Waals surface area contributed by atoms with Gasteiger partial charge in [0.05, 0.1) is 37.7 Å². The summed E-state index contributed by atoms with van der Waals surface area (Å²) in [5, 5.41) is 9.32. The summed E-state index contributed by atoms with van der Waals surface area (Å²) < 4.78 is 22.8. The van der Waals surface area contributed by atoms with Gasteiger partial charge in [-0.25, -0.2) is 15.0 Å². The van der Waals surface area contributed by atoms with Crippen LogP contribution in [0.1, 0.15) is 44.9 Å². The van der Waals surface area contributed by atoms with Crippen LogP contribution in [0.15, 0.2) is 57.2 Å². The normalized spacial score (nSPS) is 15.1. The molecule has 11 nitrogen and oxygen atoms in total. The number of nitrogens with one attached hydrogen (secondary N) is 3. The van der Waals surface area contributed by atoms with Crippen molar-refractivity contribution in [3.8, 4) is 17.2 Å². The number of rotatable bonds is 11. The second kappa shape index (κ2) is 13.7. The number of urea groups is 1. The molecule has 1 aliphatic rings. The Kier molecular flexibility index (Phi) is 10.3. The number of hydrogen-bond donors (Lipinski definition) is 3. The lowest BCUT2D eigenvalue weighted by Gasteiger charge is -2.28. The fourth-order valence-electron chi connectivity index (χ4n) is 3.74. The molecule has 0 fully saturated rings. The maximum Gasteiger partial charge on any atom is 0.338 e. The van der Waals surface area contributed by atoms with E-state index in [0.29, 0.717) is 34.1 Å². The Bertz CT molecular complexity index is 1290. The van der Waals surface area contributed by atoms with E-state index in [2.05, 4.69) is 37.1 Å². The molecule has 0 spiro atoms. The van der Waals surface area contributed by atoms with Crippen LogP contribution < -0.4 is 30.3 Å². The van der Waals surface area contributed by atoms with Crippen molar-refractivity contribution in [3.63, 3.8) is 0 Å². The van der Waals surface area contributed by atoms with Gasteiger partial charge in [0, 0.05) is 15.7 Å². The van der Waals surface area contributed by atoms with Crippen molar-refractivity contribution in [2.75, 3.05) is 20.3 Å². The molecule has 12 heteroatoms. The van der Waals surface area contributed by atoms with Crippen LogP contribution in [-0.4, -0.2) is 50.5 Å². The molecule has 2 aromatic carbocycles. The second-order valence-corrected chi connectivity index (χ2v) is 9.55. The van der Waals surface area contributed by atoms with Crippen LogP contribution in [-0.2, 0) is 14.3 Å². The highest BCUT2D eigenvalue weighted by Gasteiger charge is 2.32. The average molecular weight is 603 g/mol. The van der Waals surface area contributed by atoms with Gasteiger partial charge in [0.25, 0.3) is 5.91 Å². The van der Waals surface area contributed by atoms with Crippen molar-refractivity contribution in [2.45, 2.75) is 39.8 Å². The molecule has 0 aliphatic carbocycles. The molecule has 1 atom stereocenters. The molecular formula is C27H31BrN4O7. The summed E-state index contributed by atoms with van der Waals surface area (Å²) in [5.74, 6) is 0.191. The molecule has 3 amide bonds. The molecule has 0 unspecified atom stereocenters. The number of esters is 1. The van der Waals surface area contributed by atoms with Crippen LogP contribution in [0.4, 0.5) is 4.79 Å². The average Bonchev–Trinajstić information content (AvgIpc) is 2.88. The monoisotopic (exact) mass is 602 g/mol. The van der Waals surface area contributed by atoms with Gasteiger partial charge in [0.1, 0.15) is 5.75 Å². The van der Waals surface area contributed by atoms with Crippen LogP contribution in [0.3, 0.4) is 0 Å². The fraction of sp³-hybridized carbons (Fsp3) is 0.333. The number of methoxy groups -OCH3 is 1. The number of ether oxygens (including phenoxy) is 4. The van der Waals surface area contributed by atoms with Crippen molar-refractivity contribution in [2.24, 2.45) is 5.10 Å². The van der Waals surface area contributed by atoms with Gasteiger partial charge < -0.3 is 29.6 Å². The molecule has 208 valence electrons. The third-order valence-corrected chi connectivity index (χ3v) is 5.86. The molecule has 0 saturated heterocycles. The topological polar surface area (TPSA) is 137 Å². The van der Waals surface area contributed by atoms with Gasteiger partial charge in [-0.05, 0) is 63.6 Å². The summed E-state index contributed by atoms with van der Waals surface area (Å²) in [7, 11) is 1.44. The van der Waals surface area contributed by atoms with Crippen molar-refractivity contribution < 1.29 is 33.3 Å². The molecule has 0 saturated carbocycles. The Labute approximate surface area is 235 Å². The summed E-state index contributed by atoms with van der Waals surface area (Å²) in [4.78, 5) is 37.0. The molecule has 0 aromatic heterocycles. The summed E-state index contributed by atoms with van der Waals surface area (Å²) in [6, 6.07) is 9.16. The van der Waals surface area contributed by atoms with Gasteiger partial charge in [0.2, 0.25) is 0 Å². The van der Waals surface area contributed by atoms with Crippen LogP contribution >= 0.6 is 15.9 Å². The molecular weight excluding hydrogens is 572 g/mol. The first-order chi connectivity index (χ1) is 18.6. The van der Waals surface area contributed by atoms with Crippen molar-refractivity contribution in [1.29, 1.82) is 0 Å². The van der Waals surface area contributed by atoms with Gasteiger partial charge in [-0.3, -0.25) is 4.79 Å². The predicted molar refractivity (Wildman–Crippen MR) is 148 cm³/mol. The van der Waals surface area contributed by atoms with E-state index in [1.165, 1.54) is 13.3 Å². The largest absolute Gasteiger partial charge is 0.493 e. The second-order valence-electron chi connectivity index (χ2n) is 8.63. The van der Waals surface area contributed by atoms with Gasteiger partial charge >= 0.3 is 12.0 Å². The number of halogens is 1. The van der Waals surface area contributed by atoms with E-state index in [-0.39, 0.29) is 24.9 Å². The molecule has 0 bridgehead atoms. The summed E-state index contributed by atoms with van der Waals surface area (Å²) in [5.41, 5.74) is 4.35. The smallest absolute Gasteiger partial charge is 0.338 e. The minimum Gasteiger partial charge on any atom is -0.493 e. The van der Waals surface area contributed by atoms with E-state index >= 15 is 0 Å². The Morgan fingerprint density at radius 3 is 2.59 bits per heavy atom. The third kappa shape index (κ3) is 7.96. The van der Waals surface area contributed by atoms with Gasteiger partial charge in [-0.15, -0.1) is 0 Å². The summed E-state index contributed by atoms with van der Waals surface area (Å²) in [6.45, 7) is 7.02. The van der Waals surface area contributed by atoms with Crippen molar-refractivity contribution >= 4 is 40.1 Å². The van der Waals surface area contributed by atoms with Crippen LogP contribution in [0.5, 0.6) is 17.2 Å². The number of amides is 3. The maximum absolute atomic E-state index is 12.6. The van der Waals surface area contributed by atoms with Gasteiger partial charge in [0.15, 0.2) is 18.1 Å². The minimum atomic E-state index is -0.763. The lowest BCUT2D eigenvalue weighted by molar-refractivity contribution is -0.139. The van der Waals surface area contributed by atoms with E-state index in [1.807, 2.05) is 32.0 Å². The highest BCUT2D eigenvalue weighted by molar-refractivity contribution is 9.10. The zero-order valence-corrected chi connectivity index (χ0v) is 23.9. The van der Waals surface area contributed by atoms with E-state index in [0.717, 1.165) is 4.47 Å². The van der Waals surface area contributed by atoms with Crippen LogP contribution in [0, 0.1) is 0 Å². The Morgan fingerprint density at radius 1 is 1.15 bits per heavy atom. The Morgan fingerprint density at radius 2 is 1.90 bits per heavy atom. The first-order valence-corrected chi connectivity index (χ1v) is 13.0. The number of hydrogen-bond acceptors (Lipinski definition) is 8. The van der Waals surface area contributed by atoms with Crippen molar-refractivity contribution in [3.05, 3.63) is 63.3 Å². The Hall–Kier alpha value is -4.06. The van der Waals surface area contributed by atoms with Crippen LogP contribution in [0.2, 0.25) is 0 Å². The van der Waals surface area contributed by atoms with E-state index in [1.54, 1.807) is 32.0 Å². The number of nitrogens with zero attached hydrogens (tertiary/aromatic N) is 1. The van der Waals surface area contributed by atoms with Gasteiger partial charge in [-0.1, -0.05) is 22.0 Å². The van der Waals surface area contributed by atoms with Crippen LogP contribution in [0.25, 0.3) is 0 Å². The lowest BCUT2D eigenvalue weighted by Crippen LogP contribution is -2.45. The predicted octanol–water partition coefficient (Wildman–Crippen LogP) is 3.97. The van der Waals surface area contributed by atoms with E-state index in [4.69, 9.17) is 18.9 Å². The number of hydrazone groups is 1. The highest BCUT2D eigenvalue weighted by atomic mass is 79.9. The molecule has 39 heavy (non-hydrogen) atoms. The number of carbonyl (C=O) groups is 3. The standard InChI is InChI=1S/C27H31BrN4O7/c1-6-37-26(34)24-16(4)30-27(35)31-25(24)17-7-9-21(22(12-17)36-5)38-14-23(33)32-29-13-18-11-19(28)8-10-20(18)39-15(2)3/h7-13,15,25H,6,14H2,1-5H3,(H,32,33)(H2,30,31,35)/b29-13+/t25-/m0/s1. The lowest BCUT2D eigenvalue weighted by atomic mass is 9.95. The minimum absolute atomic E-state index is 0.0227. The first kappa shape index (κ1) is 29.5. The molecule has 3 rings (SSSR count). The Balaban J connectivity index is 1.69. The SMILES string of the molecule is CCOC(=O)C1=C(C)NC(=O)N[C@H]1c1ccc(OCC(=O)N/N=C/c2cc(Br)ccc2OC(C)C)c(OC)c1. The fourth-order valence-corrected chi connectivity index (χ4v) is 4.12. The number of benzene rings is 2. The zero-order chi connectivity index (χ0) is 28.5. The van der Waals surface area contributed by atoms with E-state index in [9.17, 15) is 14.4 Å². The molecule has 1 heterocycles. The first-order valence-electron chi connectivity index (χ1n) is 12.2. The van der Waals surface area contributed by atoms with Crippen molar-refractivity contribution in [1.82, 2.24) is 16.1 Å². The molecule has 1 aliphatic heterocycles. The molecule has 0 radical (unpaired) electrons. The van der Waals surface area contributed by atoms with Gasteiger partial charge in [-0.2, -0.15) is 5.10 Å². The third-order valence-electron chi connectivity index (χ3n) is 5.37. The molecule has 2 aromatic rings. The highest BCUT2D eigenvalue weighted by Crippen LogP contribution is 2.34. The summed E-state index contributed by atoms with van der Waals surface area (Å²) >= 11 is 3.42. The zero-order valence-electron chi connectivity index (χ0n) is 22.3. The number of allylic oxidation sites excluding steroid dienone is 1. The summed E-state index contributed by atoms with van der Waals surface area (Å²) in [6.07, 6.45) is 1.46. The maximum atomic E-state index is 12.6. The van der Waals surface area contributed by atoms with E-state index < -0.39 is 23.9 Å². The number of carbonyl (C=O) groups excluding carboxylic acids is 3. The quantitative estimate of drug-likeness (QED) is 0.201. The molecule has 3 N–H and O–H groups in total.